The van der Waals surface area contributed by atoms with Crippen molar-refractivity contribution in [1.29, 1.82) is 0 Å². The molecule has 0 amide bonds. The lowest BCUT2D eigenvalue weighted by Crippen LogP contribution is -2.53. The molecule has 20 heavy (non-hydrogen) atoms. The van der Waals surface area contributed by atoms with E-state index in [1.807, 2.05) is 13.8 Å². The van der Waals surface area contributed by atoms with Crippen LogP contribution in [0.3, 0.4) is 0 Å². The Bertz CT molecular complexity index is 569. The summed E-state index contributed by atoms with van der Waals surface area (Å²) in [5, 5.41) is 0. The minimum Gasteiger partial charge on any atom is -0.481 e. The van der Waals surface area contributed by atoms with Gasteiger partial charge < -0.3 is 10.5 Å². The van der Waals surface area contributed by atoms with E-state index >= 15 is 0 Å². The van der Waals surface area contributed by atoms with Crippen molar-refractivity contribution in [1.82, 2.24) is 9.29 Å². The lowest BCUT2D eigenvalue weighted by Gasteiger charge is -2.41. The van der Waals surface area contributed by atoms with Crippen LogP contribution < -0.4 is 10.5 Å². The maximum Gasteiger partial charge on any atom is 0.244 e. The van der Waals surface area contributed by atoms with Crippen LogP contribution in [0.25, 0.3) is 0 Å². The number of nitrogens with two attached hydrogens (primary N) is 1. The van der Waals surface area contributed by atoms with Crippen LogP contribution in [0.1, 0.15) is 20.3 Å². The molecule has 1 saturated heterocycles. The standard InChI is InChI=1S/C13H21N3O3S/c1-13(2)9-16(7-6-11(13)14)20(17,18)10-4-5-12(19-3)15-8-10/h4-5,8,11H,6-7,9,14H2,1-3H3. The van der Waals surface area contributed by atoms with Crippen molar-refractivity contribution >= 4 is 10.0 Å². The summed E-state index contributed by atoms with van der Waals surface area (Å²) in [6.45, 7) is 4.85. The molecule has 0 spiro atoms. The predicted octanol–water partition coefficient (Wildman–Crippen LogP) is 0.838. The lowest BCUT2D eigenvalue weighted by molar-refractivity contribution is 0.155. The molecule has 0 aliphatic carbocycles. The molecule has 2 rings (SSSR count). The van der Waals surface area contributed by atoms with Gasteiger partial charge in [-0.3, -0.25) is 0 Å². The second-order valence-corrected chi connectivity index (χ2v) is 7.70. The minimum atomic E-state index is -3.52. The monoisotopic (exact) mass is 299 g/mol. The second-order valence-electron chi connectivity index (χ2n) is 5.76. The Hall–Kier alpha value is -1.18. The quantitative estimate of drug-likeness (QED) is 0.894. The molecule has 0 bridgehead atoms. The summed E-state index contributed by atoms with van der Waals surface area (Å²) in [5.41, 5.74) is 5.81. The van der Waals surface area contributed by atoms with Gasteiger partial charge in [-0.2, -0.15) is 4.31 Å². The van der Waals surface area contributed by atoms with Crippen molar-refractivity contribution in [2.24, 2.45) is 11.1 Å². The van der Waals surface area contributed by atoms with Crippen LogP contribution in [0.2, 0.25) is 0 Å². The third-order valence-electron chi connectivity index (χ3n) is 3.83. The van der Waals surface area contributed by atoms with E-state index in [-0.39, 0.29) is 16.4 Å². The zero-order valence-electron chi connectivity index (χ0n) is 12.0. The van der Waals surface area contributed by atoms with Crippen LogP contribution in [0.15, 0.2) is 23.2 Å². The normalized spacial score (nSPS) is 23.5. The Kier molecular flexibility index (Phi) is 4.04. The van der Waals surface area contributed by atoms with Crippen LogP contribution in [-0.2, 0) is 10.0 Å². The molecule has 0 saturated carbocycles. The van der Waals surface area contributed by atoms with Crippen molar-refractivity contribution < 1.29 is 13.2 Å². The summed E-state index contributed by atoms with van der Waals surface area (Å²) < 4.78 is 31.6. The molecule has 1 aromatic rings. The van der Waals surface area contributed by atoms with Gasteiger partial charge in [0.15, 0.2) is 0 Å². The minimum absolute atomic E-state index is 0.0166. The van der Waals surface area contributed by atoms with Crippen molar-refractivity contribution in [3.63, 3.8) is 0 Å². The average Bonchev–Trinajstić information content (AvgIpc) is 2.41. The number of sulfonamides is 1. The number of hydrogen-bond acceptors (Lipinski definition) is 5. The second kappa shape index (κ2) is 5.31. The number of pyridine rings is 1. The van der Waals surface area contributed by atoms with E-state index in [1.165, 1.54) is 23.7 Å². The predicted molar refractivity (Wildman–Crippen MR) is 75.9 cm³/mol. The van der Waals surface area contributed by atoms with Crippen molar-refractivity contribution in [2.45, 2.75) is 31.2 Å². The van der Waals surface area contributed by atoms with Crippen molar-refractivity contribution in [3.8, 4) is 5.88 Å². The average molecular weight is 299 g/mol. The third-order valence-corrected chi connectivity index (χ3v) is 5.66. The molecule has 2 N–H and O–H groups in total. The van der Waals surface area contributed by atoms with Crippen LogP contribution in [0, 0.1) is 5.41 Å². The van der Waals surface area contributed by atoms with E-state index in [9.17, 15) is 8.42 Å². The van der Waals surface area contributed by atoms with Gasteiger partial charge in [0, 0.05) is 25.2 Å². The molecule has 112 valence electrons. The van der Waals surface area contributed by atoms with E-state index in [1.54, 1.807) is 6.07 Å². The molecule has 1 aliphatic rings. The van der Waals surface area contributed by atoms with Gasteiger partial charge in [0.2, 0.25) is 15.9 Å². The molecule has 1 fully saturated rings. The highest BCUT2D eigenvalue weighted by Crippen LogP contribution is 2.31. The van der Waals surface area contributed by atoms with Gasteiger partial charge in [-0.05, 0) is 17.9 Å². The topological polar surface area (TPSA) is 85.5 Å². The number of ether oxygens (including phenoxy) is 1. The number of aromatic nitrogens is 1. The number of rotatable bonds is 3. The largest absolute Gasteiger partial charge is 0.481 e. The highest BCUT2D eigenvalue weighted by atomic mass is 32.2. The van der Waals surface area contributed by atoms with E-state index in [2.05, 4.69) is 4.98 Å². The third kappa shape index (κ3) is 2.79. The first-order valence-electron chi connectivity index (χ1n) is 6.53. The number of methoxy groups -OCH3 is 1. The molecule has 1 aliphatic heterocycles. The number of nitrogens with zero attached hydrogens (tertiary/aromatic N) is 2. The first kappa shape index (κ1) is 15.2. The Balaban J connectivity index is 2.26. The maximum absolute atomic E-state index is 12.6. The summed E-state index contributed by atoms with van der Waals surface area (Å²) >= 11 is 0. The summed E-state index contributed by atoms with van der Waals surface area (Å²) in [5.74, 6) is 0.393. The van der Waals surface area contributed by atoms with Crippen LogP contribution in [-0.4, -0.2) is 43.9 Å². The summed E-state index contributed by atoms with van der Waals surface area (Å²) in [6.07, 6.45) is 1.99. The molecule has 1 aromatic heterocycles. The zero-order valence-corrected chi connectivity index (χ0v) is 12.9. The molecule has 1 unspecified atom stereocenters. The Labute approximate surface area is 120 Å². The first-order valence-corrected chi connectivity index (χ1v) is 7.97. The molecule has 2 heterocycles. The van der Waals surface area contributed by atoms with E-state index < -0.39 is 10.0 Å². The summed E-state index contributed by atoms with van der Waals surface area (Å²) in [7, 11) is -2.03. The maximum atomic E-state index is 12.6. The van der Waals surface area contributed by atoms with Gasteiger partial charge >= 0.3 is 0 Å². The van der Waals surface area contributed by atoms with E-state index in [0.717, 1.165) is 0 Å². The Morgan fingerprint density at radius 2 is 2.15 bits per heavy atom. The Morgan fingerprint density at radius 3 is 2.65 bits per heavy atom. The number of hydrogen-bond donors (Lipinski definition) is 1. The van der Waals surface area contributed by atoms with E-state index in [4.69, 9.17) is 10.5 Å². The van der Waals surface area contributed by atoms with Crippen LogP contribution >= 0.6 is 0 Å². The molecule has 1 atom stereocenters. The number of piperidine rings is 1. The van der Waals surface area contributed by atoms with Crippen molar-refractivity contribution in [3.05, 3.63) is 18.3 Å². The molecule has 0 aromatic carbocycles. The van der Waals surface area contributed by atoms with Gasteiger partial charge in [0.1, 0.15) is 4.90 Å². The van der Waals surface area contributed by atoms with Crippen LogP contribution in [0.4, 0.5) is 0 Å². The first-order chi connectivity index (χ1) is 9.27. The fourth-order valence-electron chi connectivity index (χ4n) is 2.32. The molecule has 0 radical (unpaired) electrons. The fourth-order valence-corrected chi connectivity index (χ4v) is 3.89. The van der Waals surface area contributed by atoms with Gasteiger partial charge in [0.05, 0.1) is 13.3 Å². The Morgan fingerprint density at radius 1 is 1.45 bits per heavy atom. The highest BCUT2D eigenvalue weighted by Gasteiger charge is 2.38. The lowest BCUT2D eigenvalue weighted by atomic mass is 9.81. The molecular weight excluding hydrogens is 278 g/mol. The molecule has 7 heteroatoms. The van der Waals surface area contributed by atoms with Gasteiger partial charge in [-0.25, -0.2) is 13.4 Å². The van der Waals surface area contributed by atoms with Gasteiger partial charge in [-0.1, -0.05) is 13.8 Å². The summed E-state index contributed by atoms with van der Waals surface area (Å²) in [6, 6.07) is 3.08. The van der Waals surface area contributed by atoms with E-state index in [0.29, 0.717) is 25.4 Å². The highest BCUT2D eigenvalue weighted by molar-refractivity contribution is 7.89. The van der Waals surface area contributed by atoms with Crippen molar-refractivity contribution in [2.75, 3.05) is 20.2 Å². The molecule has 6 nitrogen and oxygen atoms in total. The molecular formula is C13H21N3O3S. The zero-order chi connectivity index (χ0) is 15.0. The summed E-state index contributed by atoms with van der Waals surface area (Å²) in [4.78, 5) is 4.14. The SMILES string of the molecule is COc1ccc(S(=O)(=O)N2CCC(N)C(C)(C)C2)cn1. The van der Waals surface area contributed by atoms with Gasteiger partial charge in [0.25, 0.3) is 0 Å². The van der Waals surface area contributed by atoms with Gasteiger partial charge in [-0.15, -0.1) is 0 Å². The fraction of sp³-hybridized carbons (Fsp3) is 0.615. The van der Waals surface area contributed by atoms with Crippen LogP contribution in [0.5, 0.6) is 5.88 Å². The smallest absolute Gasteiger partial charge is 0.244 e.